The van der Waals surface area contributed by atoms with Crippen LogP contribution < -0.4 is 15.5 Å². The molecule has 4 unspecified atom stereocenters. The quantitative estimate of drug-likeness (QED) is 0.713. The highest BCUT2D eigenvalue weighted by Crippen LogP contribution is 2.54. The second kappa shape index (κ2) is 7.11. The van der Waals surface area contributed by atoms with Gasteiger partial charge in [-0.1, -0.05) is 35.9 Å². The monoisotopic (exact) mass is 441 g/mol. The number of halogens is 1. The standard InChI is InChI=1S/C22H20ClN3O3S/c1-30-10-9-16-17-18(20(28)26(19(17)27)13-6-4-5-12(23)11-13)22(25-16)14-7-2-3-8-15(14)24-21(22)29/h2-8,11,16-18,25H,9-10H2,1H3,(H,24,29). The van der Waals surface area contributed by atoms with E-state index in [1.165, 1.54) is 4.90 Å². The number of amides is 3. The summed E-state index contributed by atoms with van der Waals surface area (Å²) >= 11 is 7.79. The van der Waals surface area contributed by atoms with Crippen LogP contribution in [0.15, 0.2) is 48.5 Å². The van der Waals surface area contributed by atoms with Crippen molar-refractivity contribution in [1.82, 2.24) is 5.32 Å². The van der Waals surface area contributed by atoms with Gasteiger partial charge in [-0.25, -0.2) is 4.90 Å². The van der Waals surface area contributed by atoms with Gasteiger partial charge in [-0.2, -0.15) is 11.8 Å². The predicted octanol–water partition coefficient (Wildman–Crippen LogP) is 3.02. The van der Waals surface area contributed by atoms with E-state index >= 15 is 0 Å². The lowest BCUT2D eigenvalue weighted by Crippen LogP contribution is -2.53. The third kappa shape index (κ3) is 2.58. The molecule has 3 amide bonds. The van der Waals surface area contributed by atoms with Gasteiger partial charge in [0.05, 0.1) is 17.5 Å². The van der Waals surface area contributed by atoms with Crippen molar-refractivity contribution in [1.29, 1.82) is 0 Å². The molecule has 2 saturated heterocycles. The Hall–Kier alpha value is -2.35. The molecule has 154 valence electrons. The molecule has 3 aliphatic rings. The summed E-state index contributed by atoms with van der Waals surface area (Å²) in [4.78, 5) is 41.7. The number of benzene rings is 2. The number of nitrogens with one attached hydrogen (secondary N) is 2. The number of imide groups is 1. The second-order valence-electron chi connectivity index (χ2n) is 7.84. The molecule has 5 rings (SSSR count). The maximum absolute atomic E-state index is 13.7. The van der Waals surface area contributed by atoms with Crippen molar-refractivity contribution in [3.63, 3.8) is 0 Å². The van der Waals surface area contributed by atoms with Crippen LogP contribution in [0.5, 0.6) is 0 Å². The fourth-order valence-electron chi connectivity index (χ4n) is 5.12. The average molecular weight is 442 g/mol. The van der Waals surface area contributed by atoms with Gasteiger partial charge in [0, 0.05) is 22.3 Å². The zero-order valence-electron chi connectivity index (χ0n) is 16.2. The number of anilines is 2. The van der Waals surface area contributed by atoms with Crippen LogP contribution >= 0.6 is 23.4 Å². The number of hydrogen-bond acceptors (Lipinski definition) is 5. The highest BCUT2D eigenvalue weighted by atomic mass is 35.5. The van der Waals surface area contributed by atoms with E-state index < -0.39 is 17.4 Å². The lowest BCUT2D eigenvalue weighted by molar-refractivity contribution is -0.130. The minimum absolute atomic E-state index is 0.278. The van der Waals surface area contributed by atoms with E-state index in [0.29, 0.717) is 22.8 Å². The van der Waals surface area contributed by atoms with Crippen molar-refractivity contribution in [3.8, 4) is 0 Å². The third-order valence-corrected chi connectivity index (χ3v) is 7.20. The molecule has 0 radical (unpaired) electrons. The molecule has 2 aromatic rings. The van der Waals surface area contributed by atoms with Crippen molar-refractivity contribution in [2.75, 3.05) is 22.2 Å². The molecule has 2 N–H and O–H groups in total. The number of nitrogens with zero attached hydrogens (tertiary/aromatic N) is 1. The molecule has 4 atom stereocenters. The minimum Gasteiger partial charge on any atom is -0.324 e. The molecule has 1 spiro atoms. The molecule has 0 aromatic heterocycles. The van der Waals surface area contributed by atoms with Gasteiger partial charge in [0.2, 0.25) is 17.7 Å². The largest absolute Gasteiger partial charge is 0.324 e. The van der Waals surface area contributed by atoms with Crippen molar-refractivity contribution < 1.29 is 14.4 Å². The Morgan fingerprint density at radius 1 is 1.10 bits per heavy atom. The van der Waals surface area contributed by atoms with E-state index in [0.717, 1.165) is 11.3 Å². The number of thioether (sulfide) groups is 1. The van der Waals surface area contributed by atoms with Gasteiger partial charge >= 0.3 is 0 Å². The normalized spacial score (nSPS) is 29.5. The zero-order valence-corrected chi connectivity index (χ0v) is 17.8. The lowest BCUT2D eigenvalue weighted by atomic mass is 9.76. The first-order valence-corrected chi connectivity index (χ1v) is 11.6. The molecule has 30 heavy (non-hydrogen) atoms. The van der Waals surface area contributed by atoms with Crippen molar-refractivity contribution in [3.05, 3.63) is 59.1 Å². The minimum atomic E-state index is -1.25. The third-order valence-electron chi connectivity index (χ3n) is 6.32. The molecule has 0 saturated carbocycles. The van der Waals surface area contributed by atoms with Crippen LogP contribution in [0.4, 0.5) is 11.4 Å². The number of carbonyl (C=O) groups is 3. The van der Waals surface area contributed by atoms with E-state index in [4.69, 9.17) is 11.6 Å². The van der Waals surface area contributed by atoms with Gasteiger partial charge in [0.1, 0.15) is 5.54 Å². The summed E-state index contributed by atoms with van der Waals surface area (Å²) in [6.07, 6.45) is 2.68. The van der Waals surface area contributed by atoms with Gasteiger partial charge in [-0.05, 0) is 42.7 Å². The van der Waals surface area contributed by atoms with E-state index in [9.17, 15) is 14.4 Å². The summed E-state index contributed by atoms with van der Waals surface area (Å²) in [6.45, 7) is 0. The van der Waals surface area contributed by atoms with Gasteiger partial charge in [0.15, 0.2) is 0 Å². The molecule has 0 aliphatic carbocycles. The van der Waals surface area contributed by atoms with Crippen LogP contribution in [0.25, 0.3) is 0 Å². The SMILES string of the molecule is CSCCC1NC2(C(=O)Nc3ccccc32)C2C(=O)N(c3cccc(Cl)c3)C(=O)C12. The Labute approximate surface area is 183 Å². The predicted molar refractivity (Wildman–Crippen MR) is 118 cm³/mol. The molecule has 2 aromatic carbocycles. The van der Waals surface area contributed by atoms with Gasteiger partial charge in [0.25, 0.3) is 0 Å². The van der Waals surface area contributed by atoms with Crippen molar-refractivity contribution in [2.24, 2.45) is 11.8 Å². The lowest BCUT2D eigenvalue weighted by Gasteiger charge is -2.29. The highest BCUT2D eigenvalue weighted by molar-refractivity contribution is 7.98. The summed E-state index contributed by atoms with van der Waals surface area (Å²) in [5.74, 6) is -1.52. The zero-order chi connectivity index (χ0) is 21.0. The fourth-order valence-corrected chi connectivity index (χ4v) is 5.80. The fraction of sp³-hybridized carbons (Fsp3) is 0.318. The van der Waals surface area contributed by atoms with E-state index in [1.807, 2.05) is 30.5 Å². The van der Waals surface area contributed by atoms with Crippen LogP contribution in [0, 0.1) is 11.8 Å². The number of fused-ring (bicyclic) bond motifs is 4. The molecular weight excluding hydrogens is 422 g/mol. The summed E-state index contributed by atoms with van der Waals surface area (Å²) in [7, 11) is 0. The first-order chi connectivity index (χ1) is 14.5. The topological polar surface area (TPSA) is 78.5 Å². The Morgan fingerprint density at radius 3 is 2.67 bits per heavy atom. The number of rotatable bonds is 4. The van der Waals surface area contributed by atoms with Crippen LogP contribution in [0.1, 0.15) is 12.0 Å². The number of carbonyl (C=O) groups excluding carboxylic acids is 3. The Bertz CT molecular complexity index is 1080. The van der Waals surface area contributed by atoms with Crippen LogP contribution in [-0.4, -0.2) is 35.8 Å². The van der Waals surface area contributed by atoms with E-state index in [2.05, 4.69) is 10.6 Å². The molecule has 3 aliphatic heterocycles. The van der Waals surface area contributed by atoms with E-state index in [-0.39, 0.29) is 23.8 Å². The maximum atomic E-state index is 13.7. The smallest absolute Gasteiger partial charge is 0.250 e. The Morgan fingerprint density at radius 2 is 1.90 bits per heavy atom. The molecule has 6 nitrogen and oxygen atoms in total. The Kier molecular flexibility index (Phi) is 4.65. The average Bonchev–Trinajstić information content (AvgIpc) is 3.31. The summed E-state index contributed by atoms with van der Waals surface area (Å²) in [5.41, 5.74) is 0.605. The van der Waals surface area contributed by atoms with Gasteiger partial charge in [-0.15, -0.1) is 0 Å². The molecular formula is C22H20ClN3O3S. The highest BCUT2D eigenvalue weighted by Gasteiger charge is 2.70. The molecule has 8 heteroatoms. The summed E-state index contributed by atoms with van der Waals surface area (Å²) < 4.78 is 0. The first kappa shape index (κ1) is 19.6. The molecule has 2 fully saturated rings. The van der Waals surface area contributed by atoms with Crippen LogP contribution in [-0.2, 0) is 19.9 Å². The number of para-hydroxylation sites is 1. The van der Waals surface area contributed by atoms with Crippen molar-refractivity contribution in [2.45, 2.75) is 18.0 Å². The van der Waals surface area contributed by atoms with Crippen molar-refractivity contribution >= 4 is 52.5 Å². The molecule has 3 heterocycles. The maximum Gasteiger partial charge on any atom is 0.250 e. The van der Waals surface area contributed by atoms with Gasteiger partial charge in [-0.3, -0.25) is 19.7 Å². The first-order valence-electron chi connectivity index (χ1n) is 9.80. The van der Waals surface area contributed by atoms with Crippen LogP contribution in [0.2, 0.25) is 5.02 Å². The van der Waals surface area contributed by atoms with Crippen LogP contribution in [0.3, 0.4) is 0 Å². The number of hydrogen-bond donors (Lipinski definition) is 2. The Balaban J connectivity index is 1.65. The van der Waals surface area contributed by atoms with E-state index in [1.54, 1.807) is 36.0 Å². The summed E-state index contributed by atoms with van der Waals surface area (Å²) in [6, 6.07) is 13.8. The summed E-state index contributed by atoms with van der Waals surface area (Å²) in [5, 5.41) is 6.79. The second-order valence-corrected chi connectivity index (χ2v) is 9.26. The molecule has 0 bridgehead atoms. The van der Waals surface area contributed by atoms with Gasteiger partial charge < -0.3 is 5.32 Å².